The molecule has 2 unspecified atom stereocenters. The number of benzene rings is 1. The van der Waals surface area contributed by atoms with Crippen LogP contribution in [-0.2, 0) is 19.1 Å². The largest absolute Gasteiger partial charge is 0.466 e. The summed E-state index contributed by atoms with van der Waals surface area (Å²) in [5.74, 6) is -0.793. The van der Waals surface area contributed by atoms with Crippen LogP contribution in [0.15, 0.2) is 18.2 Å². The number of hydrogen-bond acceptors (Lipinski definition) is 5. The van der Waals surface area contributed by atoms with E-state index in [9.17, 15) is 14.4 Å². The molecule has 0 aliphatic carbocycles. The Morgan fingerprint density at radius 1 is 1.27 bits per heavy atom. The maximum atomic E-state index is 13.0. The molecule has 0 spiro atoms. The molecule has 0 saturated carbocycles. The Morgan fingerprint density at radius 3 is 2.73 bits per heavy atom. The molecule has 2 saturated heterocycles. The Bertz CT molecular complexity index is 731. The molecule has 2 amide bonds. The normalized spacial score (nSPS) is 24.2. The molecule has 140 valence electrons. The van der Waals surface area contributed by atoms with Crippen molar-refractivity contribution in [1.29, 1.82) is 0 Å². The highest BCUT2D eigenvalue weighted by Gasteiger charge is 2.44. The van der Waals surface area contributed by atoms with E-state index in [1.54, 1.807) is 6.92 Å². The molecule has 3 rings (SSSR count). The third-order valence-electron chi connectivity index (χ3n) is 5.23. The second kappa shape index (κ2) is 7.58. The van der Waals surface area contributed by atoms with Gasteiger partial charge in [-0.05, 0) is 51.8 Å². The molecule has 0 radical (unpaired) electrons. The number of rotatable bonds is 4. The van der Waals surface area contributed by atoms with Crippen molar-refractivity contribution in [1.82, 2.24) is 4.90 Å². The van der Waals surface area contributed by atoms with Gasteiger partial charge in [-0.3, -0.25) is 19.3 Å². The van der Waals surface area contributed by atoms with Crippen LogP contribution >= 0.6 is 0 Å². The minimum absolute atomic E-state index is 0.168. The lowest BCUT2D eigenvalue weighted by Crippen LogP contribution is -2.48. The molecule has 2 atom stereocenters. The lowest BCUT2D eigenvalue weighted by molar-refractivity contribution is -0.150. The summed E-state index contributed by atoms with van der Waals surface area (Å²) in [4.78, 5) is 40.9. The van der Waals surface area contributed by atoms with E-state index in [-0.39, 0.29) is 30.1 Å². The maximum absolute atomic E-state index is 13.0. The lowest BCUT2D eigenvalue weighted by Gasteiger charge is -2.34. The lowest BCUT2D eigenvalue weighted by atomic mass is 9.96. The molecule has 0 bridgehead atoms. The van der Waals surface area contributed by atoms with Crippen molar-refractivity contribution < 1.29 is 19.1 Å². The monoisotopic (exact) mass is 358 g/mol. The van der Waals surface area contributed by atoms with Crippen LogP contribution in [-0.4, -0.2) is 48.4 Å². The molecule has 2 aliphatic rings. The SMILES string of the molecule is CCOC(=O)C1CCCN(C2CC(=O)N(c3ccc(C)cc3C)C2=O)C1. The fourth-order valence-electron chi connectivity index (χ4n) is 3.95. The maximum Gasteiger partial charge on any atom is 0.310 e. The summed E-state index contributed by atoms with van der Waals surface area (Å²) in [6.07, 6.45) is 1.76. The van der Waals surface area contributed by atoms with Crippen molar-refractivity contribution in [3.05, 3.63) is 29.3 Å². The van der Waals surface area contributed by atoms with E-state index in [0.717, 1.165) is 30.5 Å². The van der Waals surface area contributed by atoms with Gasteiger partial charge in [-0.15, -0.1) is 0 Å². The first-order valence-electron chi connectivity index (χ1n) is 9.27. The van der Waals surface area contributed by atoms with Crippen LogP contribution in [0.5, 0.6) is 0 Å². The molecule has 2 fully saturated rings. The highest BCUT2D eigenvalue weighted by Crippen LogP contribution is 2.31. The van der Waals surface area contributed by atoms with Gasteiger partial charge in [0.05, 0.1) is 30.7 Å². The van der Waals surface area contributed by atoms with Crippen LogP contribution in [0.25, 0.3) is 0 Å². The highest BCUT2D eigenvalue weighted by atomic mass is 16.5. The number of esters is 1. The minimum atomic E-state index is -0.486. The fourth-order valence-corrected chi connectivity index (χ4v) is 3.95. The van der Waals surface area contributed by atoms with Gasteiger partial charge in [0.25, 0.3) is 5.91 Å². The topological polar surface area (TPSA) is 66.9 Å². The van der Waals surface area contributed by atoms with Gasteiger partial charge in [0, 0.05) is 6.54 Å². The number of piperidine rings is 1. The average Bonchev–Trinajstić information content (AvgIpc) is 2.90. The Hall–Kier alpha value is -2.21. The number of likely N-dealkylation sites (tertiary alicyclic amines) is 1. The van der Waals surface area contributed by atoms with Crippen molar-refractivity contribution in [3.63, 3.8) is 0 Å². The number of nitrogens with zero attached hydrogens (tertiary/aromatic N) is 2. The van der Waals surface area contributed by atoms with E-state index in [1.165, 1.54) is 4.90 Å². The standard InChI is InChI=1S/C20H26N2O4/c1-4-26-20(25)15-6-5-9-21(12-15)17-11-18(23)22(19(17)24)16-8-7-13(2)10-14(16)3/h7-8,10,15,17H,4-6,9,11-12H2,1-3H3. The van der Waals surface area contributed by atoms with E-state index in [0.29, 0.717) is 18.8 Å². The first kappa shape index (κ1) is 18.6. The second-order valence-corrected chi connectivity index (χ2v) is 7.16. The van der Waals surface area contributed by atoms with Crippen molar-refractivity contribution >= 4 is 23.5 Å². The summed E-state index contributed by atoms with van der Waals surface area (Å²) in [5.41, 5.74) is 2.66. The Balaban J connectivity index is 1.77. The Morgan fingerprint density at radius 2 is 2.04 bits per heavy atom. The first-order chi connectivity index (χ1) is 12.4. The molecular formula is C20H26N2O4. The van der Waals surface area contributed by atoms with E-state index < -0.39 is 6.04 Å². The van der Waals surface area contributed by atoms with Gasteiger partial charge in [-0.1, -0.05) is 17.7 Å². The van der Waals surface area contributed by atoms with E-state index in [1.807, 2.05) is 36.9 Å². The number of amides is 2. The molecule has 1 aromatic rings. The fraction of sp³-hybridized carbons (Fsp3) is 0.550. The Labute approximate surface area is 154 Å². The van der Waals surface area contributed by atoms with Crippen LogP contribution in [0.1, 0.15) is 37.3 Å². The molecule has 6 nitrogen and oxygen atoms in total. The van der Waals surface area contributed by atoms with E-state index in [4.69, 9.17) is 4.74 Å². The van der Waals surface area contributed by atoms with Crippen molar-refractivity contribution in [2.75, 3.05) is 24.6 Å². The number of anilines is 1. The van der Waals surface area contributed by atoms with Crippen molar-refractivity contribution in [2.24, 2.45) is 5.92 Å². The number of aryl methyl sites for hydroxylation is 2. The van der Waals surface area contributed by atoms with Gasteiger partial charge in [-0.2, -0.15) is 0 Å². The zero-order chi connectivity index (χ0) is 18.8. The summed E-state index contributed by atoms with van der Waals surface area (Å²) in [6.45, 7) is 7.24. The quantitative estimate of drug-likeness (QED) is 0.610. The summed E-state index contributed by atoms with van der Waals surface area (Å²) < 4.78 is 5.13. The van der Waals surface area contributed by atoms with Crippen LogP contribution in [0, 0.1) is 19.8 Å². The number of imide groups is 1. The molecule has 26 heavy (non-hydrogen) atoms. The third kappa shape index (κ3) is 3.51. The van der Waals surface area contributed by atoms with Crippen molar-refractivity contribution in [3.8, 4) is 0 Å². The number of carbonyl (C=O) groups excluding carboxylic acids is 3. The van der Waals surface area contributed by atoms with Gasteiger partial charge in [0.1, 0.15) is 0 Å². The van der Waals surface area contributed by atoms with Crippen LogP contribution in [0.2, 0.25) is 0 Å². The van der Waals surface area contributed by atoms with Crippen LogP contribution in [0.3, 0.4) is 0 Å². The summed E-state index contributed by atoms with van der Waals surface area (Å²) in [7, 11) is 0. The van der Waals surface area contributed by atoms with Gasteiger partial charge < -0.3 is 4.74 Å². The highest BCUT2D eigenvalue weighted by molar-refractivity contribution is 6.22. The minimum Gasteiger partial charge on any atom is -0.466 e. The predicted molar refractivity (Wildman–Crippen MR) is 97.7 cm³/mol. The number of carbonyl (C=O) groups is 3. The Kier molecular flexibility index (Phi) is 5.41. The summed E-state index contributed by atoms with van der Waals surface area (Å²) in [5, 5.41) is 0. The van der Waals surface area contributed by atoms with Crippen molar-refractivity contribution in [2.45, 2.75) is 46.1 Å². The molecule has 0 N–H and O–H groups in total. The summed E-state index contributed by atoms with van der Waals surface area (Å²) in [6, 6.07) is 5.23. The second-order valence-electron chi connectivity index (χ2n) is 7.16. The van der Waals surface area contributed by atoms with Gasteiger partial charge in [-0.25, -0.2) is 4.90 Å². The zero-order valence-corrected chi connectivity index (χ0v) is 15.7. The molecule has 2 aliphatic heterocycles. The van der Waals surface area contributed by atoms with Gasteiger partial charge >= 0.3 is 5.97 Å². The van der Waals surface area contributed by atoms with E-state index in [2.05, 4.69) is 0 Å². The zero-order valence-electron chi connectivity index (χ0n) is 15.7. The smallest absolute Gasteiger partial charge is 0.310 e. The van der Waals surface area contributed by atoms with Crippen LogP contribution < -0.4 is 4.90 Å². The number of hydrogen-bond donors (Lipinski definition) is 0. The third-order valence-corrected chi connectivity index (χ3v) is 5.23. The van der Waals surface area contributed by atoms with E-state index >= 15 is 0 Å². The average molecular weight is 358 g/mol. The molecule has 1 aromatic carbocycles. The van der Waals surface area contributed by atoms with Crippen LogP contribution in [0.4, 0.5) is 5.69 Å². The number of ether oxygens (including phenoxy) is 1. The molecule has 6 heteroatoms. The molecule has 2 heterocycles. The molecule has 0 aromatic heterocycles. The van der Waals surface area contributed by atoms with Gasteiger partial charge in [0.2, 0.25) is 5.91 Å². The predicted octanol–water partition coefficient (Wildman–Crippen LogP) is 2.21. The molecular weight excluding hydrogens is 332 g/mol. The summed E-state index contributed by atoms with van der Waals surface area (Å²) >= 11 is 0. The van der Waals surface area contributed by atoms with Gasteiger partial charge in [0.15, 0.2) is 0 Å². The first-order valence-corrected chi connectivity index (χ1v) is 9.27.